The molecule has 1 saturated heterocycles. The Morgan fingerprint density at radius 3 is 2.60 bits per heavy atom. The number of rotatable bonds is 2. The molecule has 0 spiro atoms. The van der Waals surface area contributed by atoms with Crippen LogP contribution >= 0.6 is 0 Å². The van der Waals surface area contributed by atoms with Crippen molar-refractivity contribution in [2.45, 2.75) is 5.92 Å². The molecular weight excluding hydrogens is 186 g/mol. The van der Waals surface area contributed by atoms with Crippen molar-refractivity contribution >= 4 is 0 Å². The third-order valence-electron chi connectivity index (χ3n) is 2.86. The van der Waals surface area contributed by atoms with E-state index >= 15 is 0 Å². The largest absolute Gasteiger partial charge is 0.342 e. The minimum atomic E-state index is 0.620. The molecule has 76 valence electrons. The molecule has 15 heavy (non-hydrogen) atoms. The van der Waals surface area contributed by atoms with Crippen molar-refractivity contribution in [2.24, 2.45) is 0 Å². The zero-order valence-corrected chi connectivity index (χ0v) is 8.40. The third kappa shape index (κ3) is 1.55. The number of H-pyrrole nitrogens is 1. The molecule has 2 aromatic rings. The maximum atomic E-state index is 4.41. The Kier molecular flexibility index (Phi) is 2.03. The zero-order chi connectivity index (χ0) is 10.1. The molecule has 2 heterocycles. The van der Waals surface area contributed by atoms with Crippen molar-refractivity contribution in [2.75, 3.05) is 13.1 Å². The summed E-state index contributed by atoms with van der Waals surface area (Å²) in [4.78, 5) is 7.79. The van der Waals surface area contributed by atoms with E-state index in [1.807, 2.05) is 24.4 Å². The van der Waals surface area contributed by atoms with E-state index < -0.39 is 0 Å². The Balaban J connectivity index is 1.90. The fourth-order valence-corrected chi connectivity index (χ4v) is 1.79. The van der Waals surface area contributed by atoms with Crippen LogP contribution in [-0.4, -0.2) is 23.1 Å². The first-order valence-corrected chi connectivity index (χ1v) is 5.24. The molecule has 0 unspecified atom stereocenters. The number of hydrogen-bond donors (Lipinski definition) is 2. The second kappa shape index (κ2) is 3.51. The fourth-order valence-electron chi connectivity index (χ4n) is 1.79. The predicted octanol–water partition coefficient (Wildman–Crippen LogP) is 1.76. The first-order valence-electron chi connectivity index (χ1n) is 5.24. The van der Waals surface area contributed by atoms with Crippen LogP contribution in [0.1, 0.15) is 11.6 Å². The molecule has 3 rings (SSSR count). The van der Waals surface area contributed by atoms with Crippen LogP contribution in [-0.2, 0) is 0 Å². The molecule has 1 aliphatic heterocycles. The topological polar surface area (TPSA) is 40.7 Å². The van der Waals surface area contributed by atoms with Gasteiger partial charge in [-0.3, -0.25) is 0 Å². The van der Waals surface area contributed by atoms with Crippen molar-refractivity contribution in [1.29, 1.82) is 0 Å². The summed E-state index contributed by atoms with van der Waals surface area (Å²) in [6.07, 6.45) is 1.95. The van der Waals surface area contributed by atoms with Crippen molar-refractivity contribution in [3.63, 3.8) is 0 Å². The highest BCUT2D eigenvalue weighted by Gasteiger charge is 2.20. The van der Waals surface area contributed by atoms with Crippen molar-refractivity contribution in [1.82, 2.24) is 15.3 Å². The zero-order valence-electron chi connectivity index (χ0n) is 8.40. The summed E-state index contributed by atoms with van der Waals surface area (Å²) in [7, 11) is 0. The van der Waals surface area contributed by atoms with Crippen LogP contribution in [0.4, 0.5) is 0 Å². The van der Waals surface area contributed by atoms with Gasteiger partial charge in [0.1, 0.15) is 5.82 Å². The van der Waals surface area contributed by atoms with Crippen LogP contribution in [0.2, 0.25) is 0 Å². The summed E-state index contributed by atoms with van der Waals surface area (Å²) in [6.45, 7) is 2.13. The summed E-state index contributed by atoms with van der Waals surface area (Å²) in [6, 6.07) is 10.2. The molecule has 2 N–H and O–H groups in total. The predicted molar refractivity (Wildman–Crippen MR) is 59.6 cm³/mol. The number of aromatic nitrogens is 2. The Labute approximate surface area is 88.6 Å². The highest BCUT2D eigenvalue weighted by atomic mass is 15.0. The van der Waals surface area contributed by atoms with E-state index in [1.165, 1.54) is 5.69 Å². The first-order chi connectivity index (χ1) is 7.43. The van der Waals surface area contributed by atoms with E-state index in [0.717, 1.165) is 24.5 Å². The number of nitrogens with one attached hydrogen (secondary N) is 2. The molecule has 3 heteroatoms. The normalized spacial score (nSPS) is 16.3. The number of hydrogen-bond acceptors (Lipinski definition) is 2. The SMILES string of the molecule is c1ccc(-c2ncc(C3CNC3)[nH]2)cc1. The summed E-state index contributed by atoms with van der Waals surface area (Å²) in [5.41, 5.74) is 2.39. The molecule has 1 aromatic heterocycles. The van der Waals surface area contributed by atoms with Gasteiger partial charge >= 0.3 is 0 Å². The van der Waals surface area contributed by atoms with Gasteiger partial charge < -0.3 is 10.3 Å². The second-order valence-electron chi connectivity index (χ2n) is 3.91. The minimum absolute atomic E-state index is 0.620. The Bertz CT molecular complexity index is 443. The third-order valence-corrected chi connectivity index (χ3v) is 2.86. The number of nitrogens with zero attached hydrogens (tertiary/aromatic N) is 1. The lowest BCUT2D eigenvalue weighted by atomic mass is 10.0. The van der Waals surface area contributed by atoms with Crippen LogP contribution < -0.4 is 5.32 Å². The lowest BCUT2D eigenvalue weighted by molar-refractivity contribution is 0.441. The van der Waals surface area contributed by atoms with Gasteiger partial charge in [-0.25, -0.2) is 4.98 Å². The van der Waals surface area contributed by atoms with Crippen LogP contribution in [0.25, 0.3) is 11.4 Å². The molecule has 0 atom stereocenters. The molecule has 0 bridgehead atoms. The van der Waals surface area contributed by atoms with Crippen LogP contribution in [0.3, 0.4) is 0 Å². The van der Waals surface area contributed by atoms with Crippen LogP contribution in [0.5, 0.6) is 0 Å². The van der Waals surface area contributed by atoms with Gasteiger partial charge in [-0.2, -0.15) is 0 Å². The number of imidazole rings is 1. The van der Waals surface area contributed by atoms with E-state index in [-0.39, 0.29) is 0 Å². The van der Waals surface area contributed by atoms with Gasteiger partial charge in [-0.05, 0) is 0 Å². The molecule has 1 aromatic carbocycles. The van der Waals surface area contributed by atoms with E-state index in [0.29, 0.717) is 5.92 Å². The maximum absolute atomic E-state index is 4.41. The minimum Gasteiger partial charge on any atom is -0.342 e. The van der Waals surface area contributed by atoms with E-state index in [9.17, 15) is 0 Å². The highest BCUT2D eigenvalue weighted by molar-refractivity contribution is 5.54. The Morgan fingerprint density at radius 2 is 1.93 bits per heavy atom. The molecule has 3 nitrogen and oxygen atoms in total. The average molecular weight is 199 g/mol. The smallest absolute Gasteiger partial charge is 0.137 e. The fraction of sp³-hybridized carbons (Fsp3) is 0.250. The summed E-state index contributed by atoms with van der Waals surface area (Å²) in [5, 5.41) is 3.26. The Hall–Kier alpha value is -1.61. The quantitative estimate of drug-likeness (QED) is 0.773. The van der Waals surface area contributed by atoms with Crippen molar-refractivity contribution < 1.29 is 0 Å². The van der Waals surface area contributed by atoms with Gasteiger partial charge in [-0.1, -0.05) is 30.3 Å². The van der Waals surface area contributed by atoms with Crippen LogP contribution in [0, 0.1) is 0 Å². The van der Waals surface area contributed by atoms with Gasteiger partial charge in [-0.15, -0.1) is 0 Å². The maximum Gasteiger partial charge on any atom is 0.137 e. The van der Waals surface area contributed by atoms with Crippen molar-refractivity contribution in [3.8, 4) is 11.4 Å². The van der Waals surface area contributed by atoms with E-state index in [1.54, 1.807) is 0 Å². The van der Waals surface area contributed by atoms with Gasteiger partial charge in [0.2, 0.25) is 0 Å². The molecule has 0 amide bonds. The summed E-state index contributed by atoms with van der Waals surface area (Å²) < 4.78 is 0. The van der Waals surface area contributed by atoms with Crippen LogP contribution in [0.15, 0.2) is 36.5 Å². The number of aromatic amines is 1. The molecule has 0 radical (unpaired) electrons. The number of benzene rings is 1. The second-order valence-corrected chi connectivity index (χ2v) is 3.91. The van der Waals surface area contributed by atoms with Gasteiger partial charge in [0.15, 0.2) is 0 Å². The van der Waals surface area contributed by atoms with E-state index in [4.69, 9.17) is 0 Å². The average Bonchev–Trinajstić information content (AvgIpc) is 2.66. The summed E-state index contributed by atoms with van der Waals surface area (Å²) in [5.74, 6) is 1.59. The Morgan fingerprint density at radius 1 is 1.13 bits per heavy atom. The molecule has 1 fully saturated rings. The molecule has 0 aliphatic carbocycles. The lowest BCUT2D eigenvalue weighted by Gasteiger charge is -2.25. The van der Waals surface area contributed by atoms with Crippen molar-refractivity contribution in [3.05, 3.63) is 42.2 Å². The molecular formula is C12H13N3. The monoisotopic (exact) mass is 199 g/mol. The molecule has 1 aliphatic rings. The first kappa shape index (κ1) is 8.68. The lowest BCUT2D eigenvalue weighted by Crippen LogP contribution is -2.40. The molecule has 0 saturated carbocycles. The highest BCUT2D eigenvalue weighted by Crippen LogP contribution is 2.21. The van der Waals surface area contributed by atoms with Gasteiger partial charge in [0.25, 0.3) is 0 Å². The van der Waals surface area contributed by atoms with E-state index in [2.05, 4.69) is 27.4 Å². The van der Waals surface area contributed by atoms with Gasteiger partial charge in [0.05, 0.1) is 0 Å². The summed E-state index contributed by atoms with van der Waals surface area (Å²) >= 11 is 0. The standard InChI is InChI=1S/C12H13N3/c1-2-4-9(5-3-1)12-14-8-11(15-12)10-6-13-7-10/h1-5,8,10,13H,6-7H2,(H,14,15). The van der Waals surface area contributed by atoms with Gasteiger partial charge in [0, 0.05) is 36.5 Å².